The van der Waals surface area contributed by atoms with Gasteiger partial charge in [-0.3, -0.25) is 4.79 Å². The molecule has 0 aliphatic heterocycles. The monoisotopic (exact) mass is 372 g/mol. The lowest BCUT2D eigenvalue weighted by Gasteiger charge is -2.12. The van der Waals surface area contributed by atoms with Crippen LogP contribution in [0.4, 0.5) is 4.39 Å². The zero-order valence-electron chi connectivity index (χ0n) is 14.5. The zero-order chi connectivity index (χ0) is 18.4. The van der Waals surface area contributed by atoms with Crippen molar-refractivity contribution in [2.45, 2.75) is 32.7 Å². The van der Waals surface area contributed by atoms with Crippen LogP contribution in [0.2, 0.25) is 5.15 Å². The molecule has 0 spiro atoms. The maximum absolute atomic E-state index is 13.2. The molecule has 1 aliphatic carbocycles. The van der Waals surface area contributed by atoms with Gasteiger partial charge in [-0.05, 0) is 62.9 Å². The first-order valence-electron chi connectivity index (χ1n) is 8.56. The third-order valence-electron chi connectivity index (χ3n) is 4.78. The normalized spacial score (nSPS) is 15.2. The quantitative estimate of drug-likeness (QED) is 0.752. The van der Waals surface area contributed by atoms with Crippen LogP contribution in [0.25, 0.3) is 16.9 Å². The van der Waals surface area contributed by atoms with Gasteiger partial charge < -0.3 is 5.32 Å². The Hall–Kier alpha value is -2.47. The second-order valence-electron chi connectivity index (χ2n) is 6.79. The van der Waals surface area contributed by atoms with Gasteiger partial charge >= 0.3 is 0 Å². The van der Waals surface area contributed by atoms with E-state index in [2.05, 4.69) is 15.4 Å². The first-order chi connectivity index (χ1) is 12.4. The molecule has 2 aromatic heterocycles. The molecule has 0 radical (unpaired) electrons. The Labute approximate surface area is 155 Å². The average molecular weight is 373 g/mol. The summed E-state index contributed by atoms with van der Waals surface area (Å²) in [4.78, 5) is 17.3. The summed E-state index contributed by atoms with van der Waals surface area (Å²) in [5.41, 5.74) is 2.84. The van der Waals surface area contributed by atoms with E-state index in [1.54, 1.807) is 16.6 Å². The molecule has 134 valence electrons. The maximum atomic E-state index is 13.2. The third-order valence-corrected chi connectivity index (χ3v) is 5.04. The molecule has 1 aromatic carbocycles. The Morgan fingerprint density at radius 3 is 2.69 bits per heavy atom. The van der Waals surface area contributed by atoms with Crippen LogP contribution in [-0.4, -0.2) is 26.5 Å². The number of aryl methyl sites for hydroxylation is 1. The van der Waals surface area contributed by atoms with Crippen molar-refractivity contribution in [3.8, 4) is 11.3 Å². The SMILES string of the molecule is Cc1cc(-c2ccc(F)cc2)nc2c(C(=O)N[C@@H](C)C3CC3)c(Cl)nn12. The van der Waals surface area contributed by atoms with Crippen LogP contribution in [0.15, 0.2) is 30.3 Å². The standard InChI is InChI=1S/C19H18ClFN4O/c1-10-9-15(13-5-7-14(21)8-6-13)23-18-16(17(20)24-25(10)18)19(26)22-11(2)12-3-4-12/h5-9,11-12H,3-4H2,1-2H3,(H,22,26)/t11-/m0/s1. The number of amides is 1. The van der Waals surface area contributed by atoms with Crippen molar-refractivity contribution in [3.63, 3.8) is 0 Å². The highest BCUT2D eigenvalue weighted by Crippen LogP contribution is 2.33. The lowest BCUT2D eigenvalue weighted by molar-refractivity contribution is 0.0937. The predicted molar refractivity (Wildman–Crippen MR) is 97.8 cm³/mol. The number of aromatic nitrogens is 3. The molecule has 5 nitrogen and oxygen atoms in total. The molecule has 0 bridgehead atoms. The van der Waals surface area contributed by atoms with Crippen molar-refractivity contribution in [1.29, 1.82) is 0 Å². The van der Waals surface area contributed by atoms with Gasteiger partial charge in [-0.1, -0.05) is 11.6 Å². The second kappa shape index (κ2) is 6.36. The van der Waals surface area contributed by atoms with Crippen LogP contribution in [-0.2, 0) is 0 Å². The van der Waals surface area contributed by atoms with Gasteiger partial charge in [-0.25, -0.2) is 13.9 Å². The minimum Gasteiger partial charge on any atom is -0.349 e. The topological polar surface area (TPSA) is 59.3 Å². The minimum atomic E-state index is -0.312. The smallest absolute Gasteiger partial charge is 0.258 e. The van der Waals surface area contributed by atoms with E-state index >= 15 is 0 Å². The molecule has 1 fully saturated rings. The van der Waals surface area contributed by atoms with Crippen molar-refractivity contribution in [1.82, 2.24) is 19.9 Å². The van der Waals surface area contributed by atoms with E-state index in [9.17, 15) is 9.18 Å². The number of carbonyl (C=O) groups excluding carboxylic acids is 1. The number of halogens is 2. The Kier molecular flexibility index (Phi) is 4.15. The number of hydrogen-bond acceptors (Lipinski definition) is 3. The van der Waals surface area contributed by atoms with Crippen LogP contribution in [0.5, 0.6) is 0 Å². The molecule has 1 atom stereocenters. The Balaban J connectivity index is 1.78. The number of rotatable bonds is 4. The van der Waals surface area contributed by atoms with Crippen molar-refractivity contribution in [2.75, 3.05) is 0 Å². The van der Waals surface area contributed by atoms with Gasteiger partial charge in [0.25, 0.3) is 5.91 Å². The second-order valence-corrected chi connectivity index (χ2v) is 7.15. The van der Waals surface area contributed by atoms with Crippen LogP contribution in [0.3, 0.4) is 0 Å². The zero-order valence-corrected chi connectivity index (χ0v) is 15.2. The summed E-state index contributed by atoms with van der Waals surface area (Å²) >= 11 is 6.25. The van der Waals surface area contributed by atoms with Crippen molar-refractivity contribution < 1.29 is 9.18 Å². The first-order valence-corrected chi connectivity index (χ1v) is 8.94. The number of nitrogens with one attached hydrogen (secondary N) is 1. The van der Waals surface area contributed by atoms with Crippen molar-refractivity contribution in [3.05, 3.63) is 52.6 Å². The minimum absolute atomic E-state index is 0.0925. The Morgan fingerprint density at radius 1 is 1.35 bits per heavy atom. The summed E-state index contributed by atoms with van der Waals surface area (Å²) in [6.45, 7) is 3.86. The van der Waals surface area contributed by atoms with Crippen molar-refractivity contribution >= 4 is 23.2 Å². The lowest BCUT2D eigenvalue weighted by atomic mass is 10.1. The molecule has 26 heavy (non-hydrogen) atoms. The largest absolute Gasteiger partial charge is 0.349 e. The summed E-state index contributed by atoms with van der Waals surface area (Å²) in [5.74, 6) is -0.0512. The fraction of sp³-hybridized carbons (Fsp3) is 0.316. The summed E-state index contributed by atoms with van der Waals surface area (Å²) in [7, 11) is 0. The van der Waals surface area contributed by atoms with Gasteiger partial charge in [0.05, 0.1) is 5.69 Å². The van der Waals surface area contributed by atoms with Gasteiger partial charge in [0.1, 0.15) is 11.4 Å². The molecule has 1 saturated carbocycles. The van der Waals surface area contributed by atoms with E-state index in [0.717, 1.165) is 24.1 Å². The van der Waals surface area contributed by atoms with Gasteiger partial charge in [0, 0.05) is 17.3 Å². The maximum Gasteiger partial charge on any atom is 0.258 e. The fourth-order valence-electron chi connectivity index (χ4n) is 3.09. The number of benzene rings is 1. The van der Waals surface area contributed by atoms with Crippen molar-refractivity contribution in [2.24, 2.45) is 5.92 Å². The van der Waals surface area contributed by atoms with E-state index in [4.69, 9.17) is 11.6 Å². The molecular weight excluding hydrogens is 355 g/mol. The van der Waals surface area contributed by atoms with E-state index in [1.165, 1.54) is 12.1 Å². The molecule has 1 aliphatic rings. The molecule has 0 saturated heterocycles. The number of carbonyl (C=O) groups is 1. The van der Waals surface area contributed by atoms with Crippen LogP contribution >= 0.6 is 11.6 Å². The highest BCUT2D eigenvalue weighted by molar-refractivity contribution is 6.33. The van der Waals surface area contributed by atoms with E-state index in [1.807, 2.05) is 19.9 Å². The highest BCUT2D eigenvalue weighted by Gasteiger charge is 2.31. The van der Waals surface area contributed by atoms with Crippen LogP contribution in [0, 0.1) is 18.7 Å². The van der Waals surface area contributed by atoms with E-state index in [0.29, 0.717) is 17.3 Å². The molecule has 3 aromatic rings. The first kappa shape index (κ1) is 17.0. The predicted octanol–water partition coefficient (Wildman–Crippen LogP) is 4.03. The van der Waals surface area contributed by atoms with Gasteiger partial charge in [-0.15, -0.1) is 0 Å². The molecule has 1 amide bonds. The lowest BCUT2D eigenvalue weighted by Crippen LogP contribution is -2.34. The molecule has 4 rings (SSSR count). The van der Waals surface area contributed by atoms with E-state index < -0.39 is 0 Å². The molecule has 1 N–H and O–H groups in total. The molecule has 7 heteroatoms. The van der Waals surface area contributed by atoms with Crippen LogP contribution in [0.1, 0.15) is 35.8 Å². The third kappa shape index (κ3) is 3.05. The Bertz CT molecular complexity index is 995. The highest BCUT2D eigenvalue weighted by atomic mass is 35.5. The molecule has 2 heterocycles. The summed E-state index contributed by atoms with van der Waals surface area (Å²) < 4.78 is 14.8. The Morgan fingerprint density at radius 2 is 2.04 bits per heavy atom. The van der Waals surface area contributed by atoms with Gasteiger partial charge in [0.2, 0.25) is 0 Å². The van der Waals surface area contributed by atoms with Crippen LogP contribution < -0.4 is 5.32 Å². The molecular formula is C19H18ClFN4O. The van der Waals surface area contributed by atoms with E-state index in [-0.39, 0.29) is 28.5 Å². The van der Waals surface area contributed by atoms with Gasteiger partial charge in [-0.2, -0.15) is 5.10 Å². The number of fused-ring (bicyclic) bond motifs is 1. The average Bonchev–Trinajstić information content (AvgIpc) is 3.38. The summed E-state index contributed by atoms with van der Waals surface area (Å²) in [5, 5.41) is 7.37. The number of hydrogen-bond donors (Lipinski definition) is 1. The van der Waals surface area contributed by atoms with Gasteiger partial charge in [0.15, 0.2) is 10.8 Å². The number of nitrogens with zero attached hydrogens (tertiary/aromatic N) is 3. The molecule has 0 unspecified atom stereocenters. The fourth-order valence-corrected chi connectivity index (χ4v) is 3.34. The summed E-state index contributed by atoms with van der Waals surface area (Å²) in [6.07, 6.45) is 2.27. The summed E-state index contributed by atoms with van der Waals surface area (Å²) in [6, 6.07) is 7.99.